The molecule has 0 aromatic heterocycles. The SMILES string of the molecule is Cc1cc(C)c(NC(=O)Nc2ccc(C(F)(F)F)cc2)c(C)c1. The molecule has 0 saturated heterocycles. The molecule has 23 heavy (non-hydrogen) atoms. The molecule has 0 aliphatic carbocycles. The molecule has 3 nitrogen and oxygen atoms in total. The van der Waals surface area contributed by atoms with E-state index in [1.807, 2.05) is 32.9 Å². The monoisotopic (exact) mass is 322 g/mol. The molecule has 2 N–H and O–H groups in total. The smallest absolute Gasteiger partial charge is 0.308 e. The van der Waals surface area contributed by atoms with Crippen LogP contribution in [0.2, 0.25) is 0 Å². The first-order valence-corrected chi connectivity index (χ1v) is 7.00. The molecule has 0 atom stereocenters. The van der Waals surface area contributed by atoms with Gasteiger partial charge in [-0.2, -0.15) is 13.2 Å². The molecule has 0 aliphatic heterocycles. The second kappa shape index (κ2) is 6.32. The summed E-state index contributed by atoms with van der Waals surface area (Å²) in [6.45, 7) is 5.73. The van der Waals surface area contributed by atoms with E-state index >= 15 is 0 Å². The van der Waals surface area contributed by atoms with Crippen LogP contribution in [0.5, 0.6) is 0 Å². The van der Waals surface area contributed by atoms with Gasteiger partial charge in [-0.15, -0.1) is 0 Å². The van der Waals surface area contributed by atoms with Crippen molar-refractivity contribution in [2.75, 3.05) is 10.6 Å². The van der Waals surface area contributed by atoms with Crippen molar-refractivity contribution in [2.45, 2.75) is 26.9 Å². The largest absolute Gasteiger partial charge is 0.416 e. The zero-order valence-electron chi connectivity index (χ0n) is 13.0. The van der Waals surface area contributed by atoms with Crippen molar-refractivity contribution in [3.8, 4) is 0 Å². The maximum atomic E-state index is 12.5. The van der Waals surface area contributed by atoms with Crippen LogP contribution in [-0.4, -0.2) is 6.03 Å². The molecule has 0 bridgehead atoms. The van der Waals surface area contributed by atoms with Gasteiger partial charge in [-0.25, -0.2) is 4.79 Å². The van der Waals surface area contributed by atoms with Crippen LogP contribution in [0.4, 0.5) is 29.3 Å². The highest BCUT2D eigenvalue weighted by Crippen LogP contribution is 2.30. The summed E-state index contributed by atoms with van der Waals surface area (Å²) >= 11 is 0. The maximum absolute atomic E-state index is 12.5. The number of urea groups is 1. The fraction of sp³-hybridized carbons (Fsp3) is 0.235. The molecule has 0 spiro atoms. The van der Waals surface area contributed by atoms with Gasteiger partial charge in [-0.05, 0) is 56.2 Å². The highest BCUT2D eigenvalue weighted by atomic mass is 19.4. The number of amides is 2. The third kappa shape index (κ3) is 4.25. The number of benzene rings is 2. The van der Waals surface area contributed by atoms with Gasteiger partial charge in [-0.1, -0.05) is 17.7 Å². The second-order valence-corrected chi connectivity index (χ2v) is 5.43. The molecule has 2 rings (SSSR count). The van der Waals surface area contributed by atoms with E-state index in [9.17, 15) is 18.0 Å². The Labute approximate surface area is 132 Å². The summed E-state index contributed by atoms with van der Waals surface area (Å²) in [5, 5.41) is 5.25. The topological polar surface area (TPSA) is 41.1 Å². The Bertz CT molecular complexity index is 699. The van der Waals surface area contributed by atoms with Crippen molar-refractivity contribution in [2.24, 2.45) is 0 Å². The molecular weight excluding hydrogens is 305 g/mol. The highest BCUT2D eigenvalue weighted by Gasteiger charge is 2.29. The summed E-state index contributed by atoms with van der Waals surface area (Å²) < 4.78 is 37.5. The van der Waals surface area contributed by atoms with Crippen LogP contribution in [-0.2, 0) is 6.18 Å². The van der Waals surface area contributed by atoms with Gasteiger partial charge >= 0.3 is 12.2 Å². The van der Waals surface area contributed by atoms with Gasteiger partial charge in [0.2, 0.25) is 0 Å². The Morgan fingerprint density at radius 1 is 0.913 bits per heavy atom. The number of hydrogen-bond donors (Lipinski definition) is 2. The van der Waals surface area contributed by atoms with E-state index in [-0.39, 0.29) is 5.69 Å². The van der Waals surface area contributed by atoms with Crippen molar-refractivity contribution in [3.63, 3.8) is 0 Å². The minimum atomic E-state index is -4.39. The van der Waals surface area contributed by atoms with Crippen molar-refractivity contribution >= 4 is 17.4 Å². The molecule has 2 aromatic carbocycles. The van der Waals surface area contributed by atoms with Gasteiger partial charge < -0.3 is 10.6 Å². The number of nitrogens with one attached hydrogen (secondary N) is 2. The number of aryl methyl sites for hydroxylation is 3. The molecule has 0 unspecified atom stereocenters. The number of carbonyl (C=O) groups excluding carboxylic acids is 1. The lowest BCUT2D eigenvalue weighted by atomic mass is 10.1. The Hall–Kier alpha value is -2.50. The highest BCUT2D eigenvalue weighted by molar-refractivity contribution is 6.00. The molecule has 0 saturated carbocycles. The fourth-order valence-corrected chi connectivity index (χ4v) is 2.40. The number of halogens is 3. The first-order chi connectivity index (χ1) is 10.7. The molecule has 0 radical (unpaired) electrons. The Kier molecular flexibility index (Phi) is 4.63. The Morgan fingerprint density at radius 2 is 1.43 bits per heavy atom. The average molecular weight is 322 g/mol. The van der Waals surface area contributed by atoms with Crippen LogP contribution in [0.15, 0.2) is 36.4 Å². The fourth-order valence-electron chi connectivity index (χ4n) is 2.40. The van der Waals surface area contributed by atoms with Gasteiger partial charge in [-0.3, -0.25) is 0 Å². The van der Waals surface area contributed by atoms with Crippen LogP contribution >= 0.6 is 0 Å². The van der Waals surface area contributed by atoms with Crippen LogP contribution in [0.3, 0.4) is 0 Å². The van der Waals surface area contributed by atoms with E-state index in [1.165, 1.54) is 12.1 Å². The molecule has 0 heterocycles. The van der Waals surface area contributed by atoms with Gasteiger partial charge in [0.25, 0.3) is 0 Å². The number of carbonyl (C=O) groups is 1. The predicted octanol–water partition coefficient (Wildman–Crippen LogP) is 5.27. The third-order valence-electron chi connectivity index (χ3n) is 3.39. The quantitative estimate of drug-likeness (QED) is 0.776. The molecule has 122 valence electrons. The van der Waals surface area contributed by atoms with Crippen LogP contribution in [0, 0.1) is 20.8 Å². The molecule has 2 aromatic rings. The predicted molar refractivity (Wildman–Crippen MR) is 84.7 cm³/mol. The van der Waals surface area contributed by atoms with E-state index in [1.54, 1.807) is 0 Å². The Morgan fingerprint density at radius 3 is 1.91 bits per heavy atom. The lowest BCUT2D eigenvalue weighted by Crippen LogP contribution is -2.20. The normalized spacial score (nSPS) is 11.2. The van der Waals surface area contributed by atoms with E-state index in [2.05, 4.69) is 10.6 Å². The summed E-state index contributed by atoms with van der Waals surface area (Å²) in [4.78, 5) is 12.0. The van der Waals surface area contributed by atoms with Crippen LogP contribution in [0.1, 0.15) is 22.3 Å². The van der Waals surface area contributed by atoms with E-state index in [0.29, 0.717) is 5.69 Å². The van der Waals surface area contributed by atoms with Crippen molar-refractivity contribution in [1.82, 2.24) is 0 Å². The van der Waals surface area contributed by atoms with Gasteiger partial charge in [0, 0.05) is 11.4 Å². The lowest BCUT2D eigenvalue weighted by Gasteiger charge is -2.14. The third-order valence-corrected chi connectivity index (χ3v) is 3.39. The zero-order chi connectivity index (χ0) is 17.2. The molecule has 0 aliphatic rings. The average Bonchev–Trinajstić information content (AvgIpc) is 2.42. The molecule has 2 amide bonds. The van der Waals surface area contributed by atoms with Crippen molar-refractivity contribution < 1.29 is 18.0 Å². The molecule has 0 fully saturated rings. The van der Waals surface area contributed by atoms with Gasteiger partial charge in [0.05, 0.1) is 5.56 Å². The minimum absolute atomic E-state index is 0.290. The molecular formula is C17H17F3N2O. The first-order valence-electron chi connectivity index (χ1n) is 7.00. The standard InChI is InChI=1S/C17H17F3N2O/c1-10-8-11(2)15(12(3)9-10)22-16(23)21-14-6-4-13(5-7-14)17(18,19)20/h4-9H,1-3H3,(H2,21,22,23). The summed E-state index contributed by atoms with van der Waals surface area (Å²) in [6, 6.07) is 7.69. The van der Waals surface area contributed by atoms with Crippen LogP contribution in [0.25, 0.3) is 0 Å². The lowest BCUT2D eigenvalue weighted by molar-refractivity contribution is -0.137. The molecule has 6 heteroatoms. The number of rotatable bonds is 2. The maximum Gasteiger partial charge on any atom is 0.416 e. The zero-order valence-corrected chi connectivity index (χ0v) is 13.0. The summed E-state index contributed by atoms with van der Waals surface area (Å²) in [7, 11) is 0. The summed E-state index contributed by atoms with van der Waals surface area (Å²) in [5.41, 5.74) is 3.16. The van der Waals surface area contributed by atoms with Gasteiger partial charge in [0.1, 0.15) is 0 Å². The van der Waals surface area contributed by atoms with Crippen LogP contribution < -0.4 is 10.6 Å². The van der Waals surface area contributed by atoms with E-state index < -0.39 is 17.8 Å². The number of alkyl halides is 3. The van der Waals surface area contributed by atoms with E-state index in [0.717, 1.165) is 28.8 Å². The second-order valence-electron chi connectivity index (χ2n) is 5.43. The van der Waals surface area contributed by atoms with E-state index in [4.69, 9.17) is 0 Å². The number of anilines is 2. The summed E-state index contributed by atoms with van der Waals surface area (Å²) in [5.74, 6) is 0. The minimum Gasteiger partial charge on any atom is -0.308 e. The summed E-state index contributed by atoms with van der Waals surface area (Å²) in [6.07, 6.45) is -4.39. The van der Waals surface area contributed by atoms with Crippen molar-refractivity contribution in [3.05, 3.63) is 58.7 Å². The van der Waals surface area contributed by atoms with Crippen molar-refractivity contribution in [1.29, 1.82) is 0 Å². The Balaban J connectivity index is 2.08. The number of hydrogen-bond acceptors (Lipinski definition) is 1. The van der Waals surface area contributed by atoms with Gasteiger partial charge in [0.15, 0.2) is 0 Å². The first kappa shape index (κ1) is 16.9.